The van der Waals surface area contributed by atoms with Crippen LogP contribution in [0.25, 0.3) is 0 Å². The molecule has 0 radical (unpaired) electrons. The Morgan fingerprint density at radius 2 is 0.653 bits per heavy atom. The molecule has 19 rings (SSSR count). The maximum absolute atomic E-state index is 12.2. The van der Waals surface area contributed by atoms with E-state index in [-0.39, 0.29) is 108 Å². The molecule has 6 aliphatic carbocycles. The zero-order chi connectivity index (χ0) is 84.8. The Kier molecular flexibility index (Phi) is 22.0. The highest BCUT2D eigenvalue weighted by molar-refractivity contribution is 6.03. The molecule has 6 spiro atoms. The van der Waals surface area contributed by atoms with Crippen LogP contribution < -0.4 is 0 Å². The number of ether oxygens (including phenoxy) is 12. The predicted molar refractivity (Wildman–Crippen MR) is 371 cm³/mol. The van der Waals surface area contributed by atoms with Gasteiger partial charge in [-0.3, -0.25) is 115 Å². The van der Waals surface area contributed by atoms with Crippen molar-refractivity contribution in [3.63, 3.8) is 0 Å². The van der Waals surface area contributed by atoms with E-state index in [1.54, 1.807) is 25.2 Å². The molecule has 12 heterocycles. The lowest BCUT2D eigenvalue weighted by molar-refractivity contribution is -0.174. The summed E-state index contributed by atoms with van der Waals surface area (Å²) in [6.07, 6.45) is 11.7. The SMILES string of the molecule is CC1=CC2(CC(=O)OC(=O)C2)CC2C(=O)OC(=O)C12.CC1CC2(CC(=O)OC(=O)C2)CC2C(=O)OC(=O)C12.CCC1CC2(CC(=O)OC(=O)C2)CC2C(=O)OC(=O)C12.O=C1CC2(C=CC3C(=O)OC(=O)C3C2)CC(=O)O1.O=C1CC2(CC(=O)O1)CC1C(=O)OC(=O)C1C(c1ccccc1)C2.O=C1CC2(CCC3C(=O)OC(=O)C3C2)CC(=O)O1. The molecule has 0 bridgehead atoms. The predicted octanol–water partition coefficient (Wildman–Crippen LogP) is 4.23. The maximum atomic E-state index is 12.2. The molecule has 15 unspecified atom stereocenters. The lowest BCUT2D eigenvalue weighted by Crippen LogP contribution is -2.46. The number of rotatable bonds is 2. The minimum atomic E-state index is -0.707. The van der Waals surface area contributed by atoms with Crippen molar-refractivity contribution in [3.05, 3.63) is 59.7 Å². The maximum Gasteiger partial charge on any atom is 0.321 e. The van der Waals surface area contributed by atoms with Crippen molar-refractivity contribution < 1.29 is 172 Å². The molecule has 624 valence electrons. The molecule has 12 aliphatic heterocycles. The molecular formula is C82H80O36. The first-order chi connectivity index (χ1) is 55.7. The lowest BCUT2D eigenvalue weighted by atomic mass is 9.57. The molecule has 0 amide bonds. The van der Waals surface area contributed by atoms with Gasteiger partial charge >= 0.3 is 143 Å². The van der Waals surface area contributed by atoms with Crippen molar-refractivity contribution in [1.82, 2.24) is 0 Å². The first kappa shape index (κ1) is 82.9. The van der Waals surface area contributed by atoms with E-state index >= 15 is 0 Å². The minimum absolute atomic E-state index is 0.0219. The van der Waals surface area contributed by atoms with Gasteiger partial charge in [0.15, 0.2) is 0 Å². The Morgan fingerprint density at radius 1 is 0.305 bits per heavy atom. The number of cyclic esters (lactones) is 24. The highest BCUT2D eigenvalue weighted by Crippen LogP contribution is 2.60. The largest absolute Gasteiger partial charge is 0.393 e. The van der Waals surface area contributed by atoms with Gasteiger partial charge in [-0.2, -0.15) is 0 Å². The summed E-state index contributed by atoms with van der Waals surface area (Å²) < 4.78 is 55.4. The average molecular weight is 1640 g/mol. The highest BCUT2D eigenvalue weighted by atomic mass is 16.6. The number of carbonyl (C=O) groups excluding carboxylic acids is 24. The van der Waals surface area contributed by atoms with E-state index in [4.69, 9.17) is 9.47 Å². The summed E-state index contributed by atoms with van der Waals surface area (Å²) in [4.78, 5) is 278. The topological polar surface area (TPSA) is 520 Å². The number of allylic oxidation sites excluding steroid dienone is 2. The van der Waals surface area contributed by atoms with Crippen molar-refractivity contribution in [1.29, 1.82) is 0 Å². The van der Waals surface area contributed by atoms with Crippen LogP contribution in [0.4, 0.5) is 0 Å². The van der Waals surface area contributed by atoms with Gasteiger partial charge in [-0.25, -0.2) is 0 Å². The second-order valence-electron chi connectivity index (χ2n) is 35.0. The molecule has 1 aromatic rings. The molecule has 36 nitrogen and oxygen atoms in total. The highest BCUT2D eigenvalue weighted by Gasteiger charge is 2.64. The van der Waals surface area contributed by atoms with E-state index in [2.05, 4.69) is 47.4 Å². The fraction of sp³-hybridized carbons (Fsp3) is 0.585. The van der Waals surface area contributed by atoms with Gasteiger partial charge in [0.25, 0.3) is 0 Å². The first-order valence-corrected chi connectivity index (χ1v) is 39.1. The van der Waals surface area contributed by atoms with Crippen LogP contribution in [0, 0.1) is 115 Å². The van der Waals surface area contributed by atoms with Crippen molar-refractivity contribution in [2.45, 2.75) is 181 Å². The zero-order valence-corrected chi connectivity index (χ0v) is 63.9. The molecule has 0 N–H and O–H groups in total. The van der Waals surface area contributed by atoms with E-state index in [0.29, 0.717) is 69.8 Å². The monoisotopic (exact) mass is 1640 g/mol. The molecule has 0 aromatic heterocycles. The first-order valence-electron chi connectivity index (χ1n) is 39.1. The van der Waals surface area contributed by atoms with Gasteiger partial charge < -0.3 is 56.8 Å². The summed E-state index contributed by atoms with van der Waals surface area (Å²) in [5.41, 5.74) is -2.04. The van der Waals surface area contributed by atoms with E-state index in [9.17, 15) is 115 Å². The Morgan fingerprint density at radius 3 is 1.15 bits per heavy atom. The summed E-state index contributed by atoms with van der Waals surface area (Å²) in [7, 11) is 0. The molecule has 15 atom stereocenters. The number of carbonyl (C=O) groups is 24. The van der Waals surface area contributed by atoms with E-state index < -0.39 is 247 Å². The molecule has 4 saturated carbocycles. The molecule has 1 aromatic carbocycles. The number of hydrogen-bond acceptors (Lipinski definition) is 36. The van der Waals surface area contributed by atoms with Gasteiger partial charge in [-0.1, -0.05) is 74.4 Å². The van der Waals surface area contributed by atoms with Crippen LogP contribution in [0.2, 0.25) is 0 Å². The van der Waals surface area contributed by atoms with Crippen LogP contribution in [0.15, 0.2) is 54.1 Å². The Hall–Kier alpha value is -11.6. The van der Waals surface area contributed by atoms with Crippen molar-refractivity contribution in [3.8, 4) is 0 Å². The Labute approximate surface area is 668 Å². The van der Waals surface area contributed by atoms with Crippen LogP contribution in [0.3, 0.4) is 0 Å². The Balaban J connectivity index is 0.000000117. The van der Waals surface area contributed by atoms with Crippen LogP contribution in [-0.4, -0.2) is 143 Å². The van der Waals surface area contributed by atoms with Crippen LogP contribution in [0.5, 0.6) is 0 Å². The second kappa shape index (κ2) is 31.3. The Bertz CT molecular complexity index is 4660. The van der Waals surface area contributed by atoms with E-state index in [1.807, 2.05) is 44.2 Å². The number of benzene rings is 1. The fourth-order valence-corrected chi connectivity index (χ4v) is 22.2. The van der Waals surface area contributed by atoms with Gasteiger partial charge in [0, 0.05) is 10.8 Å². The van der Waals surface area contributed by atoms with Crippen molar-refractivity contribution in [2.75, 3.05) is 0 Å². The van der Waals surface area contributed by atoms with Gasteiger partial charge in [0.1, 0.15) is 0 Å². The summed E-state index contributed by atoms with van der Waals surface area (Å²) in [6.45, 7) is 5.53. The molecule has 36 heteroatoms. The summed E-state index contributed by atoms with van der Waals surface area (Å²) in [5, 5.41) is 0. The third kappa shape index (κ3) is 16.5. The lowest BCUT2D eigenvalue weighted by Gasteiger charge is -2.45. The average Bonchev–Trinajstić information content (AvgIpc) is 1.53. The molecular weight excluding hydrogens is 1560 g/mol. The molecule has 16 fully saturated rings. The number of esters is 24. The smallest absolute Gasteiger partial charge is 0.321 e. The molecule has 18 aliphatic rings. The van der Waals surface area contributed by atoms with E-state index in [0.717, 1.165) is 5.56 Å². The van der Waals surface area contributed by atoms with Crippen LogP contribution >= 0.6 is 0 Å². The number of hydrogen-bond donors (Lipinski definition) is 0. The van der Waals surface area contributed by atoms with E-state index in [1.165, 1.54) is 0 Å². The van der Waals surface area contributed by atoms with Crippen LogP contribution in [-0.2, 0) is 172 Å². The molecule has 118 heavy (non-hydrogen) atoms. The second-order valence-corrected chi connectivity index (χ2v) is 35.0. The van der Waals surface area contributed by atoms with Crippen LogP contribution in [0.1, 0.15) is 186 Å². The normalized spacial score (nSPS) is 34.0. The quantitative estimate of drug-likeness (QED) is 0.173. The summed E-state index contributed by atoms with van der Waals surface area (Å²) in [5.74, 6) is -19.5. The van der Waals surface area contributed by atoms with Crippen molar-refractivity contribution in [2.24, 2.45) is 115 Å². The molecule has 12 saturated heterocycles. The van der Waals surface area contributed by atoms with Crippen molar-refractivity contribution >= 4 is 143 Å². The summed E-state index contributed by atoms with van der Waals surface area (Å²) in [6, 6.07) is 9.42. The van der Waals surface area contributed by atoms with Gasteiger partial charge in [0.05, 0.1) is 148 Å². The van der Waals surface area contributed by atoms with Gasteiger partial charge in [-0.05, 0) is 123 Å². The third-order valence-corrected chi connectivity index (χ3v) is 26.7. The summed E-state index contributed by atoms with van der Waals surface area (Å²) >= 11 is 0. The standard InChI is InChI=1S/C18H16O6.C14H16O6.C13H14O6.C13H12O6.C12H12O6.C12H10O6/c19-13-8-18(9-14(20)23-13)6-11(10-4-2-1-3-5-10)15-12(7-18)16(21)24-17(15)22;1-2-7-3-14(5-9(15)19-10(16)6-14)4-8-11(7)13(18)20-12(8)17;2*1-6-2-13(4-8(14)18-9(15)5-13)3-7-10(6)12(17)19-11(7)16;2*13-8-4-12(5-9(14)17-8)2-1-6-7(3-12)11(16)18-10(6)15/h1-5,11-12,15H,6-9H2;7-8,11H,2-6H2,1H3;6-7,10H,2-5H2,1H3;2,7,10H,3-5H2,1H3;6-7H,1-5H2;1-2,6-7H,3-5H2. The minimum Gasteiger partial charge on any atom is -0.393 e. The van der Waals surface area contributed by atoms with Gasteiger partial charge in [0.2, 0.25) is 0 Å². The van der Waals surface area contributed by atoms with Gasteiger partial charge in [-0.15, -0.1) is 0 Å². The zero-order valence-electron chi connectivity index (χ0n) is 63.9. The number of fused-ring (bicyclic) bond motifs is 6. The fourth-order valence-electron chi connectivity index (χ4n) is 22.2. The third-order valence-electron chi connectivity index (χ3n) is 26.7.